The van der Waals surface area contributed by atoms with Crippen LogP contribution in [0, 0.1) is 11.8 Å². The number of carbonyl (C=O) groups is 1. The molecule has 7 atom stereocenters. The van der Waals surface area contributed by atoms with Crippen LogP contribution in [-0.4, -0.2) is 67.1 Å². The van der Waals surface area contributed by atoms with E-state index in [1.54, 1.807) is 7.11 Å². The summed E-state index contributed by atoms with van der Waals surface area (Å²) < 4.78 is 50.1. The molecule has 4 aromatic rings. The summed E-state index contributed by atoms with van der Waals surface area (Å²) in [6, 6.07) is 43.3. The largest absolute Gasteiger partial charge is 0.469 e. The van der Waals surface area contributed by atoms with Crippen LogP contribution in [0.25, 0.3) is 0 Å². The second kappa shape index (κ2) is 21.1. The van der Waals surface area contributed by atoms with Gasteiger partial charge in [-0.1, -0.05) is 201 Å². The molecule has 0 unspecified atom stereocenters. The molecular weight excluding hydrogens is 820 g/mol. The van der Waals surface area contributed by atoms with Crippen molar-refractivity contribution in [3.8, 4) is 0 Å². The SMILES string of the molecule is CCCCC[C@@H](C=C[C@@H]1[C@H]2C[C@@](OC)([C@@H](F)CCCC(=O)OC)O[C@H]2C[C@H]1O[Si](c1ccccc1)(c1ccccc1)C(C)(C)C)O[Si](c1ccccc1)(c1ccccc1)C(C)(C)C. The van der Waals surface area contributed by atoms with E-state index in [2.05, 4.69) is 182 Å². The van der Waals surface area contributed by atoms with Crippen LogP contribution in [0.15, 0.2) is 133 Å². The number of hydrogen-bond acceptors (Lipinski definition) is 6. The molecule has 2 aliphatic rings. The highest BCUT2D eigenvalue weighted by Crippen LogP contribution is 2.53. The summed E-state index contributed by atoms with van der Waals surface area (Å²) >= 11 is 0. The van der Waals surface area contributed by atoms with Crippen molar-refractivity contribution in [2.24, 2.45) is 11.8 Å². The predicted octanol–water partition coefficient (Wildman–Crippen LogP) is 10.5. The van der Waals surface area contributed by atoms with Crippen LogP contribution in [0.2, 0.25) is 10.1 Å². The zero-order valence-corrected chi connectivity index (χ0v) is 41.4. The zero-order valence-electron chi connectivity index (χ0n) is 39.4. The summed E-state index contributed by atoms with van der Waals surface area (Å²) in [6.45, 7) is 16.2. The van der Waals surface area contributed by atoms with Crippen LogP contribution in [-0.2, 0) is 27.9 Å². The molecule has 63 heavy (non-hydrogen) atoms. The summed E-state index contributed by atoms with van der Waals surface area (Å²) in [4.78, 5) is 12.0. The van der Waals surface area contributed by atoms with Crippen molar-refractivity contribution in [2.45, 2.75) is 147 Å². The van der Waals surface area contributed by atoms with Gasteiger partial charge in [-0.2, -0.15) is 0 Å². The van der Waals surface area contributed by atoms with E-state index >= 15 is 4.39 Å². The molecule has 0 bridgehead atoms. The third kappa shape index (κ3) is 10.4. The molecule has 2 fully saturated rings. The average molecular weight is 893 g/mol. The van der Waals surface area contributed by atoms with Gasteiger partial charge in [-0.3, -0.25) is 4.79 Å². The molecule has 1 heterocycles. The Balaban J connectivity index is 1.46. The fraction of sp³-hybridized carbons (Fsp3) is 0.500. The van der Waals surface area contributed by atoms with Gasteiger partial charge in [-0.25, -0.2) is 4.39 Å². The van der Waals surface area contributed by atoms with Gasteiger partial charge in [0.2, 0.25) is 0 Å². The molecule has 9 heteroatoms. The van der Waals surface area contributed by atoms with E-state index in [0.717, 1.165) is 25.7 Å². The molecule has 340 valence electrons. The summed E-state index contributed by atoms with van der Waals surface area (Å²) in [5, 5.41) is 4.51. The van der Waals surface area contributed by atoms with Crippen molar-refractivity contribution in [1.29, 1.82) is 0 Å². The van der Waals surface area contributed by atoms with Crippen molar-refractivity contribution < 1.29 is 32.2 Å². The van der Waals surface area contributed by atoms with Gasteiger partial charge in [-0.05, 0) is 62.4 Å². The molecule has 1 saturated heterocycles. The Morgan fingerprint density at radius 3 is 1.68 bits per heavy atom. The lowest BCUT2D eigenvalue weighted by atomic mass is 9.87. The van der Waals surface area contributed by atoms with Gasteiger partial charge in [0.1, 0.15) is 0 Å². The fourth-order valence-corrected chi connectivity index (χ4v) is 20.0. The highest BCUT2D eigenvalue weighted by atomic mass is 28.4. The maximum atomic E-state index is 16.6. The Morgan fingerprint density at radius 1 is 0.746 bits per heavy atom. The number of halogens is 1. The summed E-state index contributed by atoms with van der Waals surface area (Å²) in [5.74, 6) is -1.97. The Labute approximate surface area is 380 Å². The molecule has 1 saturated carbocycles. The van der Waals surface area contributed by atoms with E-state index in [-0.39, 0.29) is 59.0 Å². The second-order valence-corrected chi connectivity index (χ2v) is 28.3. The fourth-order valence-electron chi connectivity index (χ4n) is 10.6. The molecule has 0 spiro atoms. The van der Waals surface area contributed by atoms with Gasteiger partial charge in [0, 0.05) is 25.9 Å². The smallest absolute Gasteiger partial charge is 0.305 e. The maximum Gasteiger partial charge on any atom is 0.305 e. The predicted molar refractivity (Wildman–Crippen MR) is 260 cm³/mol. The lowest BCUT2D eigenvalue weighted by Gasteiger charge is -2.46. The lowest BCUT2D eigenvalue weighted by molar-refractivity contribution is -0.248. The van der Waals surface area contributed by atoms with Crippen LogP contribution >= 0.6 is 0 Å². The first-order valence-corrected chi connectivity index (χ1v) is 27.2. The van der Waals surface area contributed by atoms with Crippen LogP contribution in [0.5, 0.6) is 0 Å². The molecule has 6 nitrogen and oxygen atoms in total. The highest BCUT2D eigenvalue weighted by molar-refractivity contribution is 7.00. The van der Waals surface area contributed by atoms with Gasteiger partial charge in [-0.15, -0.1) is 0 Å². The Hall–Kier alpha value is -3.71. The molecule has 1 aliphatic carbocycles. The average Bonchev–Trinajstić information content (AvgIpc) is 3.81. The van der Waals surface area contributed by atoms with Gasteiger partial charge in [0.05, 0.1) is 25.4 Å². The number of esters is 1. The van der Waals surface area contributed by atoms with Gasteiger partial charge in [0.25, 0.3) is 16.6 Å². The lowest BCUT2D eigenvalue weighted by Crippen LogP contribution is -2.68. The number of benzene rings is 4. The van der Waals surface area contributed by atoms with Crippen molar-refractivity contribution in [3.63, 3.8) is 0 Å². The number of rotatable bonds is 20. The van der Waals surface area contributed by atoms with Crippen molar-refractivity contribution >= 4 is 43.4 Å². The van der Waals surface area contributed by atoms with E-state index in [9.17, 15) is 4.79 Å². The third-order valence-electron chi connectivity index (χ3n) is 13.8. The first-order valence-electron chi connectivity index (χ1n) is 23.4. The van der Waals surface area contributed by atoms with E-state index in [0.29, 0.717) is 19.3 Å². The maximum absolute atomic E-state index is 16.6. The van der Waals surface area contributed by atoms with E-state index < -0.39 is 28.6 Å². The van der Waals surface area contributed by atoms with Crippen molar-refractivity contribution in [1.82, 2.24) is 0 Å². The number of methoxy groups -OCH3 is 2. The minimum atomic E-state index is -3.00. The number of carbonyl (C=O) groups excluding carboxylic acids is 1. The van der Waals surface area contributed by atoms with Crippen LogP contribution in [0.1, 0.15) is 106 Å². The standard InChI is InChI=1S/C54H73FO6Si2/c1-10-11-16-26-41(60-62(52(2,3)4,42-27-17-12-18-28-42)43-29-19-13-20-30-43)37-38-46-47-40-54(58-9,50(55)35-25-36-51(56)57-8)59-48(47)39-49(46)61-63(53(5,6)7,44-31-21-14-22-32-44)45-33-23-15-24-34-45/h12-15,17-24,27-34,37-38,41,46-50H,10-11,16,25-26,35-36,39-40H2,1-9H3/t41-,46+,47+,48-,49+,50-,54-/m0/s1. The first-order chi connectivity index (χ1) is 30.2. The first kappa shape index (κ1) is 48.7. The minimum absolute atomic E-state index is 0.0765. The number of fused-ring (bicyclic) bond motifs is 1. The minimum Gasteiger partial charge on any atom is -0.469 e. The van der Waals surface area contributed by atoms with E-state index in [4.69, 9.17) is 23.1 Å². The molecule has 1 aliphatic heterocycles. The quantitative estimate of drug-likeness (QED) is 0.0381. The number of alkyl halides is 1. The van der Waals surface area contributed by atoms with Crippen LogP contribution in [0.4, 0.5) is 4.39 Å². The van der Waals surface area contributed by atoms with Crippen molar-refractivity contribution in [2.75, 3.05) is 14.2 Å². The van der Waals surface area contributed by atoms with Gasteiger partial charge in [0.15, 0.2) is 12.0 Å². The normalized spacial score (nSPS) is 22.8. The molecule has 0 amide bonds. The summed E-state index contributed by atoms with van der Waals surface area (Å²) in [7, 11) is -3.00. The second-order valence-electron chi connectivity index (χ2n) is 19.8. The molecule has 0 aromatic heterocycles. The Morgan fingerprint density at radius 2 is 1.24 bits per heavy atom. The summed E-state index contributed by atoms with van der Waals surface area (Å²) in [6.07, 6.45) is 8.31. The van der Waals surface area contributed by atoms with E-state index in [1.165, 1.54) is 27.9 Å². The van der Waals surface area contributed by atoms with Crippen LogP contribution in [0.3, 0.4) is 0 Å². The van der Waals surface area contributed by atoms with Crippen molar-refractivity contribution in [3.05, 3.63) is 133 Å². The number of hydrogen-bond donors (Lipinski definition) is 0. The van der Waals surface area contributed by atoms with Crippen LogP contribution < -0.4 is 20.7 Å². The molecule has 0 radical (unpaired) electrons. The Bertz CT molecular complexity index is 1960. The Kier molecular flexibility index (Phi) is 16.3. The topological polar surface area (TPSA) is 63.2 Å². The third-order valence-corrected chi connectivity index (χ3v) is 23.9. The summed E-state index contributed by atoms with van der Waals surface area (Å²) in [5.41, 5.74) is 0. The molecular formula is C54H73FO6Si2. The molecule has 0 N–H and O–H groups in total. The van der Waals surface area contributed by atoms with Gasteiger partial charge >= 0.3 is 5.97 Å². The number of unbranched alkanes of at least 4 members (excludes halogenated alkanes) is 2. The monoisotopic (exact) mass is 892 g/mol. The molecule has 6 rings (SSSR count). The zero-order chi connectivity index (χ0) is 45.3. The molecule has 4 aromatic carbocycles. The van der Waals surface area contributed by atoms with E-state index in [1.807, 2.05) is 0 Å². The highest BCUT2D eigenvalue weighted by Gasteiger charge is 2.61. The number of ether oxygens (including phenoxy) is 3. The van der Waals surface area contributed by atoms with Gasteiger partial charge < -0.3 is 23.1 Å².